The van der Waals surface area contributed by atoms with E-state index in [2.05, 4.69) is 30.5 Å². The summed E-state index contributed by atoms with van der Waals surface area (Å²) < 4.78 is 9.91. The third-order valence-corrected chi connectivity index (χ3v) is 4.53. The second kappa shape index (κ2) is 10.3. The van der Waals surface area contributed by atoms with E-state index in [-0.39, 0.29) is 0 Å². The predicted octanol–water partition coefficient (Wildman–Crippen LogP) is 5.06. The van der Waals surface area contributed by atoms with Crippen molar-refractivity contribution in [1.82, 2.24) is 9.13 Å². The van der Waals surface area contributed by atoms with Crippen molar-refractivity contribution in [2.24, 2.45) is 0 Å². The highest BCUT2D eigenvalue weighted by Gasteiger charge is 2.09. The van der Waals surface area contributed by atoms with E-state index in [9.17, 15) is 0 Å². The molecule has 0 atom stereocenters. The van der Waals surface area contributed by atoms with E-state index >= 15 is 0 Å². The van der Waals surface area contributed by atoms with Crippen molar-refractivity contribution in [3.63, 3.8) is 0 Å². The number of hydrogen-bond acceptors (Lipinski definition) is 2. The molecule has 0 saturated carbocycles. The van der Waals surface area contributed by atoms with Crippen LogP contribution in [0.4, 0.5) is 0 Å². The van der Waals surface area contributed by atoms with Crippen LogP contribution in [0.3, 0.4) is 0 Å². The van der Waals surface area contributed by atoms with Gasteiger partial charge in [-0.1, -0.05) is 64.5 Å². The number of aromatic nitrogens is 2. The minimum atomic E-state index is 0.478. The number of para-hydroxylation sites is 2. The van der Waals surface area contributed by atoms with Crippen LogP contribution in [0.25, 0.3) is 11.0 Å². The summed E-state index contributed by atoms with van der Waals surface area (Å²) in [6, 6.07) is 8.25. The molecule has 4 nitrogen and oxygen atoms in total. The highest BCUT2D eigenvalue weighted by atomic mass is 16.5. The highest BCUT2D eigenvalue weighted by Crippen LogP contribution is 2.13. The molecule has 2 aromatic rings. The van der Waals surface area contributed by atoms with Gasteiger partial charge in [-0.3, -0.25) is 9.98 Å². The molecule has 0 fully saturated rings. The normalized spacial score (nSPS) is 11.4. The van der Waals surface area contributed by atoms with Gasteiger partial charge in [-0.15, -0.1) is 0 Å². The number of unbranched alkanes of at least 4 members (excludes halogenated alkanes) is 6. The molecule has 0 bridgehead atoms. The van der Waals surface area contributed by atoms with Gasteiger partial charge < -0.3 is 9.30 Å². The number of nitrogens with one attached hydrogen (secondary N) is 1. The Kier molecular flexibility index (Phi) is 8.10. The Morgan fingerprint density at radius 1 is 0.833 bits per heavy atom. The first-order chi connectivity index (χ1) is 11.8. The molecule has 0 aliphatic rings. The molecule has 0 radical (unpaired) electrons. The molecule has 1 aromatic heterocycles. The number of nitrogens with zero attached hydrogens (tertiary/aromatic N) is 2. The fraction of sp³-hybridized carbons (Fsp3) is 0.650. The summed E-state index contributed by atoms with van der Waals surface area (Å²) in [5.41, 5.74) is 2.76. The topological polar surface area (TPSA) is 42.9 Å². The zero-order valence-corrected chi connectivity index (χ0v) is 15.4. The molecule has 0 spiro atoms. The summed E-state index contributed by atoms with van der Waals surface area (Å²) >= 11 is 0. The van der Waals surface area contributed by atoms with E-state index in [1.165, 1.54) is 38.5 Å². The van der Waals surface area contributed by atoms with Gasteiger partial charge in [-0.2, -0.15) is 0 Å². The highest BCUT2D eigenvalue weighted by molar-refractivity contribution is 5.75. The fourth-order valence-corrected chi connectivity index (χ4v) is 3.19. The molecular formula is C20H33N3O. The van der Waals surface area contributed by atoms with Gasteiger partial charge in [-0.05, 0) is 25.0 Å². The van der Waals surface area contributed by atoms with E-state index < -0.39 is 0 Å². The van der Waals surface area contributed by atoms with Crippen molar-refractivity contribution >= 4 is 11.0 Å². The third kappa shape index (κ3) is 4.97. The van der Waals surface area contributed by atoms with Crippen LogP contribution in [-0.2, 0) is 18.0 Å². The number of ether oxygens (including phenoxy) is 1. The van der Waals surface area contributed by atoms with E-state index in [1.807, 2.05) is 16.7 Å². The molecule has 0 unspecified atom stereocenters. The standard InChI is InChI=1S/C20H33N3O/c1-3-5-6-7-8-9-12-16-24-17-23-19-14-11-10-13-18(19)22(15-4-2)20(23)21/h10-11,13-14,21H,3-9,12,15-17H2,1-2H3. The first-order valence-electron chi connectivity index (χ1n) is 9.60. The molecule has 4 heteroatoms. The Hall–Kier alpha value is -1.55. The summed E-state index contributed by atoms with van der Waals surface area (Å²) in [5.74, 6) is 0. The number of benzene rings is 1. The Labute approximate surface area is 146 Å². The zero-order chi connectivity index (χ0) is 17.2. The van der Waals surface area contributed by atoms with Crippen LogP contribution in [-0.4, -0.2) is 15.7 Å². The van der Waals surface area contributed by atoms with Crippen LogP contribution >= 0.6 is 0 Å². The van der Waals surface area contributed by atoms with E-state index in [0.29, 0.717) is 12.3 Å². The van der Waals surface area contributed by atoms with Crippen molar-refractivity contribution in [2.75, 3.05) is 6.61 Å². The van der Waals surface area contributed by atoms with Gasteiger partial charge in [0.15, 0.2) is 0 Å². The van der Waals surface area contributed by atoms with Crippen LogP contribution in [0.5, 0.6) is 0 Å². The lowest BCUT2D eigenvalue weighted by Crippen LogP contribution is -2.25. The maximum Gasteiger partial charge on any atom is 0.204 e. The van der Waals surface area contributed by atoms with Crippen molar-refractivity contribution < 1.29 is 4.74 Å². The van der Waals surface area contributed by atoms with Crippen LogP contribution in [0.15, 0.2) is 24.3 Å². The van der Waals surface area contributed by atoms with Gasteiger partial charge in [0.25, 0.3) is 0 Å². The molecule has 134 valence electrons. The monoisotopic (exact) mass is 331 g/mol. The molecule has 1 heterocycles. The molecule has 2 rings (SSSR count). The zero-order valence-electron chi connectivity index (χ0n) is 15.4. The average molecular weight is 332 g/mol. The Balaban J connectivity index is 1.83. The van der Waals surface area contributed by atoms with Gasteiger partial charge in [0.2, 0.25) is 5.62 Å². The van der Waals surface area contributed by atoms with Gasteiger partial charge >= 0.3 is 0 Å². The molecule has 0 amide bonds. The number of rotatable bonds is 12. The molecule has 1 aromatic carbocycles. The number of imidazole rings is 1. The summed E-state index contributed by atoms with van der Waals surface area (Å²) in [7, 11) is 0. The molecule has 1 N–H and O–H groups in total. The minimum absolute atomic E-state index is 0.478. The Morgan fingerprint density at radius 2 is 1.46 bits per heavy atom. The van der Waals surface area contributed by atoms with Gasteiger partial charge in [0, 0.05) is 13.2 Å². The summed E-state index contributed by atoms with van der Waals surface area (Å²) in [6.45, 7) is 6.54. The molecule has 0 aliphatic carbocycles. The third-order valence-electron chi connectivity index (χ3n) is 4.53. The Morgan fingerprint density at radius 3 is 2.12 bits per heavy atom. The van der Waals surface area contributed by atoms with Crippen LogP contribution in [0, 0.1) is 5.41 Å². The van der Waals surface area contributed by atoms with Crippen molar-refractivity contribution in [2.45, 2.75) is 78.5 Å². The molecule has 0 aliphatic heterocycles. The number of hydrogen-bond donors (Lipinski definition) is 1. The SMILES string of the molecule is CCCCCCCCCOCn1c(=N)n(CCC)c2ccccc21. The maximum absolute atomic E-state index is 8.43. The summed E-state index contributed by atoms with van der Waals surface area (Å²) in [4.78, 5) is 0. The molecule has 24 heavy (non-hydrogen) atoms. The average Bonchev–Trinajstić information content (AvgIpc) is 2.86. The first kappa shape index (κ1) is 18.8. The lowest BCUT2D eigenvalue weighted by atomic mass is 10.1. The second-order valence-corrected chi connectivity index (χ2v) is 6.55. The molecule has 0 saturated heterocycles. The number of aryl methyl sites for hydroxylation is 1. The van der Waals surface area contributed by atoms with E-state index in [1.54, 1.807) is 0 Å². The van der Waals surface area contributed by atoms with Crippen molar-refractivity contribution in [3.8, 4) is 0 Å². The van der Waals surface area contributed by atoms with Gasteiger partial charge in [0.1, 0.15) is 6.73 Å². The number of fused-ring (bicyclic) bond motifs is 1. The predicted molar refractivity (Wildman–Crippen MR) is 100 cm³/mol. The smallest absolute Gasteiger partial charge is 0.204 e. The quantitative estimate of drug-likeness (QED) is 0.543. The fourth-order valence-electron chi connectivity index (χ4n) is 3.19. The lowest BCUT2D eigenvalue weighted by Gasteiger charge is -2.07. The van der Waals surface area contributed by atoms with E-state index in [0.717, 1.165) is 37.0 Å². The largest absolute Gasteiger partial charge is 0.361 e. The van der Waals surface area contributed by atoms with Gasteiger partial charge in [-0.25, -0.2) is 0 Å². The summed E-state index contributed by atoms with van der Waals surface area (Å²) in [6.07, 6.45) is 10.1. The molecular weight excluding hydrogens is 298 g/mol. The van der Waals surface area contributed by atoms with Crippen molar-refractivity contribution in [1.29, 1.82) is 5.41 Å². The van der Waals surface area contributed by atoms with Crippen LogP contribution in [0.2, 0.25) is 0 Å². The van der Waals surface area contributed by atoms with E-state index in [4.69, 9.17) is 10.1 Å². The van der Waals surface area contributed by atoms with Gasteiger partial charge in [0.05, 0.1) is 11.0 Å². The van der Waals surface area contributed by atoms with Crippen LogP contribution in [0.1, 0.15) is 65.2 Å². The van der Waals surface area contributed by atoms with Crippen molar-refractivity contribution in [3.05, 3.63) is 29.9 Å². The van der Waals surface area contributed by atoms with Crippen LogP contribution < -0.4 is 5.62 Å². The maximum atomic E-state index is 8.43. The minimum Gasteiger partial charge on any atom is -0.361 e. The lowest BCUT2D eigenvalue weighted by molar-refractivity contribution is 0.0729. The first-order valence-corrected chi connectivity index (χ1v) is 9.60. The summed E-state index contributed by atoms with van der Waals surface area (Å²) in [5, 5.41) is 8.43. The second-order valence-electron chi connectivity index (χ2n) is 6.55. The Bertz CT molecular complexity index is 656.